The number of aryl methyl sites for hydroxylation is 1. The minimum absolute atomic E-state index is 0.431. The van der Waals surface area contributed by atoms with Crippen molar-refractivity contribution < 1.29 is 0 Å². The molecule has 0 aliphatic rings. The van der Waals surface area contributed by atoms with Crippen LogP contribution in [0.2, 0.25) is 0 Å². The van der Waals surface area contributed by atoms with Gasteiger partial charge in [-0.25, -0.2) is 0 Å². The number of nitrogen functional groups attached to an aromatic ring is 1. The van der Waals surface area contributed by atoms with E-state index in [4.69, 9.17) is 11.1 Å². The zero-order valence-corrected chi connectivity index (χ0v) is 5.70. The van der Waals surface area contributed by atoms with E-state index in [0.29, 0.717) is 11.4 Å². The summed E-state index contributed by atoms with van der Waals surface area (Å²) in [6.45, 7) is 1.91. The van der Waals surface area contributed by atoms with Crippen LogP contribution in [0, 0.1) is 12.3 Å². The molecule has 1 aromatic carbocycles. The largest absolute Gasteiger partial charge is 0.407 e. The van der Waals surface area contributed by atoms with E-state index in [-0.39, 0.29) is 0 Å². The normalized spacial score (nSPS) is 8.80. The van der Waals surface area contributed by atoms with E-state index in [0.717, 1.165) is 5.56 Å². The first kappa shape index (κ1) is 6.56. The van der Waals surface area contributed by atoms with Crippen molar-refractivity contribution in [3.05, 3.63) is 28.7 Å². The van der Waals surface area contributed by atoms with Gasteiger partial charge in [-0.15, -0.1) is 0 Å². The minimum atomic E-state index is 0.431. The summed E-state index contributed by atoms with van der Waals surface area (Å²) in [4.78, 5) is 3.01. The summed E-state index contributed by atoms with van der Waals surface area (Å²) in [6.07, 6.45) is 0. The standard InChI is InChI=1S/C7H8N3/c1-5-2-3-6(8)7(4-5)10-9/h2-4H,8H2,1H3/q+1. The lowest BCUT2D eigenvalue weighted by Crippen LogP contribution is -1.83. The van der Waals surface area contributed by atoms with Crippen LogP contribution >= 0.6 is 0 Å². The smallest absolute Gasteiger partial charge is 0.392 e. The summed E-state index contributed by atoms with van der Waals surface area (Å²) >= 11 is 0. The Morgan fingerprint density at radius 1 is 1.50 bits per heavy atom. The quantitative estimate of drug-likeness (QED) is 0.436. The van der Waals surface area contributed by atoms with E-state index in [9.17, 15) is 0 Å². The zero-order valence-electron chi connectivity index (χ0n) is 5.70. The average Bonchev–Trinajstić information content (AvgIpc) is 1.94. The number of nitrogens with zero attached hydrogens (tertiary/aromatic N) is 2. The van der Waals surface area contributed by atoms with Gasteiger partial charge in [-0.1, -0.05) is 6.07 Å². The van der Waals surface area contributed by atoms with Crippen molar-refractivity contribution in [2.45, 2.75) is 6.92 Å². The van der Waals surface area contributed by atoms with E-state index in [1.54, 1.807) is 12.1 Å². The van der Waals surface area contributed by atoms with Crippen molar-refractivity contribution in [1.82, 2.24) is 0 Å². The highest BCUT2D eigenvalue weighted by Crippen LogP contribution is 2.22. The van der Waals surface area contributed by atoms with Gasteiger partial charge in [0.2, 0.25) is 5.39 Å². The van der Waals surface area contributed by atoms with Crippen molar-refractivity contribution in [3.8, 4) is 0 Å². The first-order valence-corrected chi connectivity index (χ1v) is 2.95. The van der Waals surface area contributed by atoms with Crippen molar-refractivity contribution in [3.63, 3.8) is 0 Å². The van der Waals surface area contributed by atoms with Gasteiger partial charge in [0, 0.05) is 6.07 Å². The third-order valence-corrected chi connectivity index (χ3v) is 1.29. The number of diazo groups is 1. The van der Waals surface area contributed by atoms with Gasteiger partial charge in [0.1, 0.15) is 5.69 Å². The molecular weight excluding hydrogens is 126 g/mol. The molecular formula is C7H8N3+. The van der Waals surface area contributed by atoms with E-state index < -0.39 is 0 Å². The molecule has 1 aromatic rings. The zero-order chi connectivity index (χ0) is 7.56. The van der Waals surface area contributed by atoms with E-state index >= 15 is 0 Å². The topological polar surface area (TPSA) is 54.2 Å². The number of hydrogen-bond acceptors (Lipinski definition) is 2. The van der Waals surface area contributed by atoms with Crippen molar-refractivity contribution in [1.29, 1.82) is 5.39 Å². The molecule has 50 valence electrons. The average molecular weight is 134 g/mol. The van der Waals surface area contributed by atoms with Gasteiger partial charge in [0.15, 0.2) is 4.98 Å². The van der Waals surface area contributed by atoms with Crippen LogP contribution in [-0.4, -0.2) is 0 Å². The summed E-state index contributed by atoms with van der Waals surface area (Å²) in [5.41, 5.74) is 7.40. The predicted molar refractivity (Wildman–Crippen MR) is 40.3 cm³/mol. The third-order valence-electron chi connectivity index (χ3n) is 1.29. The SMILES string of the molecule is Cc1ccc(N)c([N+]#N)c1. The molecule has 0 spiro atoms. The molecule has 0 saturated carbocycles. The molecule has 10 heavy (non-hydrogen) atoms. The van der Waals surface area contributed by atoms with Crippen LogP contribution in [0.1, 0.15) is 5.56 Å². The highest BCUT2D eigenvalue weighted by molar-refractivity contribution is 5.67. The van der Waals surface area contributed by atoms with Gasteiger partial charge in [-0.05, 0) is 18.6 Å². The van der Waals surface area contributed by atoms with Gasteiger partial charge >= 0.3 is 5.69 Å². The lowest BCUT2D eigenvalue weighted by Gasteiger charge is -1.88. The van der Waals surface area contributed by atoms with Crippen molar-refractivity contribution in [2.75, 3.05) is 5.73 Å². The Bertz CT molecular complexity index is 285. The molecule has 3 heteroatoms. The highest BCUT2D eigenvalue weighted by atomic mass is 14.9. The third kappa shape index (κ3) is 1.06. The van der Waals surface area contributed by atoms with Crippen LogP contribution in [0.25, 0.3) is 4.98 Å². The Labute approximate surface area is 59.1 Å². The molecule has 0 amide bonds. The van der Waals surface area contributed by atoms with Crippen LogP contribution < -0.4 is 5.73 Å². The van der Waals surface area contributed by atoms with Gasteiger partial charge in [-0.2, -0.15) is 0 Å². The number of anilines is 1. The van der Waals surface area contributed by atoms with Gasteiger partial charge in [-0.3, -0.25) is 0 Å². The second-order valence-electron chi connectivity index (χ2n) is 2.16. The molecule has 1 rings (SSSR count). The molecule has 0 aliphatic carbocycles. The van der Waals surface area contributed by atoms with E-state index in [2.05, 4.69) is 4.98 Å². The maximum atomic E-state index is 8.39. The van der Waals surface area contributed by atoms with Crippen molar-refractivity contribution in [2.24, 2.45) is 0 Å². The molecule has 0 radical (unpaired) electrons. The lowest BCUT2D eigenvalue weighted by atomic mass is 10.2. The fourth-order valence-corrected chi connectivity index (χ4v) is 0.740. The highest BCUT2D eigenvalue weighted by Gasteiger charge is 2.08. The Morgan fingerprint density at radius 2 is 2.20 bits per heavy atom. The molecule has 0 aromatic heterocycles. The molecule has 0 aliphatic heterocycles. The molecule has 0 atom stereocenters. The van der Waals surface area contributed by atoms with Crippen LogP contribution in [0.5, 0.6) is 0 Å². The second kappa shape index (κ2) is 2.36. The van der Waals surface area contributed by atoms with Gasteiger partial charge in [0.05, 0.1) is 0 Å². The maximum Gasteiger partial charge on any atom is 0.407 e. The minimum Gasteiger partial charge on any atom is -0.392 e. The summed E-state index contributed by atoms with van der Waals surface area (Å²) < 4.78 is 0. The Morgan fingerprint density at radius 3 is 2.70 bits per heavy atom. The first-order valence-electron chi connectivity index (χ1n) is 2.95. The Balaban J connectivity index is 3.25. The summed E-state index contributed by atoms with van der Waals surface area (Å²) in [5, 5.41) is 8.39. The predicted octanol–water partition coefficient (Wildman–Crippen LogP) is 2.06. The number of nitrogens with two attached hydrogens (primary N) is 1. The van der Waals surface area contributed by atoms with Crippen molar-refractivity contribution >= 4 is 11.4 Å². The molecule has 0 bridgehead atoms. The Kier molecular flexibility index (Phi) is 1.55. The number of hydrogen-bond donors (Lipinski definition) is 1. The van der Waals surface area contributed by atoms with Crippen LogP contribution in [0.3, 0.4) is 0 Å². The maximum absolute atomic E-state index is 8.39. The summed E-state index contributed by atoms with van der Waals surface area (Å²) in [7, 11) is 0. The molecule has 0 heterocycles. The monoisotopic (exact) mass is 134 g/mol. The Hall–Kier alpha value is -1.56. The van der Waals surface area contributed by atoms with Gasteiger partial charge < -0.3 is 5.73 Å². The van der Waals surface area contributed by atoms with Crippen LogP contribution in [0.15, 0.2) is 18.2 Å². The molecule has 0 fully saturated rings. The van der Waals surface area contributed by atoms with E-state index in [1.165, 1.54) is 0 Å². The fraction of sp³-hybridized carbons (Fsp3) is 0.143. The molecule has 3 nitrogen and oxygen atoms in total. The van der Waals surface area contributed by atoms with E-state index in [1.807, 2.05) is 13.0 Å². The molecule has 0 unspecified atom stereocenters. The lowest BCUT2D eigenvalue weighted by molar-refractivity contribution is 1.43. The number of rotatable bonds is 0. The summed E-state index contributed by atoms with van der Waals surface area (Å²) in [5.74, 6) is 0. The fourth-order valence-electron chi connectivity index (χ4n) is 0.740. The van der Waals surface area contributed by atoms with Crippen LogP contribution in [0.4, 0.5) is 11.4 Å². The number of benzene rings is 1. The van der Waals surface area contributed by atoms with Crippen LogP contribution in [-0.2, 0) is 0 Å². The molecule has 0 saturated heterocycles. The first-order chi connectivity index (χ1) is 4.74. The molecule has 2 N–H and O–H groups in total. The van der Waals surface area contributed by atoms with Gasteiger partial charge in [0.25, 0.3) is 0 Å². The summed E-state index contributed by atoms with van der Waals surface area (Å²) in [6, 6.07) is 5.30. The second-order valence-corrected chi connectivity index (χ2v) is 2.16.